The Labute approximate surface area is 207 Å². The third-order valence-electron chi connectivity index (χ3n) is 7.46. The quantitative estimate of drug-likeness (QED) is 0.243. The van der Waals surface area contributed by atoms with Crippen molar-refractivity contribution in [3.63, 3.8) is 0 Å². The molecule has 2 aromatic heterocycles. The highest BCUT2D eigenvalue weighted by atomic mass is 14.7. The average molecular weight is 457 g/mol. The molecular weight excluding hydrogens is 436 g/mol. The molecule has 0 aliphatic carbocycles. The summed E-state index contributed by atoms with van der Waals surface area (Å²) < 4.78 is 0. The summed E-state index contributed by atoms with van der Waals surface area (Å²) >= 11 is 0. The van der Waals surface area contributed by atoms with E-state index in [1.54, 1.807) is 0 Å². The van der Waals surface area contributed by atoms with Gasteiger partial charge in [-0.25, -0.2) is 0 Å². The second kappa shape index (κ2) is 7.34. The Morgan fingerprint density at radius 3 is 1.36 bits per heavy atom. The molecule has 2 heteroatoms. The van der Waals surface area contributed by atoms with Crippen LogP contribution in [0.4, 0.5) is 0 Å². The summed E-state index contributed by atoms with van der Waals surface area (Å²) in [6.45, 7) is 0. The SMILES string of the molecule is c1ccc2cc(-c3cc(-c4cc5ccccc5cn4)c4ccc5cccc6ccc3c4c65)ncc2c1. The Kier molecular flexibility index (Phi) is 3.97. The predicted octanol–water partition coefficient (Wildman–Crippen LogP) is 9.01. The maximum absolute atomic E-state index is 4.92. The van der Waals surface area contributed by atoms with Crippen LogP contribution in [0.15, 0.2) is 122 Å². The molecule has 8 aromatic rings. The molecule has 166 valence electrons. The molecule has 0 saturated heterocycles. The number of benzene rings is 6. The van der Waals surface area contributed by atoms with Crippen molar-refractivity contribution in [2.75, 3.05) is 0 Å². The van der Waals surface area contributed by atoms with E-state index in [1.165, 1.54) is 43.1 Å². The molecule has 0 fully saturated rings. The van der Waals surface area contributed by atoms with Crippen LogP contribution in [0.5, 0.6) is 0 Å². The van der Waals surface area contributed by atoms with E-state index in [1.807, 2.05) is 12.4 Å². The van der Waals surface area contributed by atoms with Crippen LogP contribution in [0.25, 0.3) is 76.4 Å². The van der Waals surface area contributed by atoms with Crippen molar-refractivity contribution in [1.29, 1.82) is 0 Å². The van der Waals surface area contributed by atoms with Gasteiger partial charge in [-0.15, -0.1) is 0 Å². The van der Waals surface area contributed by atoms with E-state index in [-0.39, 0.29) is 0 Å². The standard InChI is InChI=1S/C34H20N2/c1-3-8-25-19-35-31(16-23(25)6-1)29-18-30(32-17-24-7-2-4-9-26(24)20-36-32)28-15-13-22-11-5-10-21-12-14-27(29)34(28)33(21)22/h1-20H. The first-order chi connectivity index (χ1) is 17.8. The molecule has 0 bridgehead atoms. The monoisotopic (exact) mass is 456 g/mol. The number of hydrogen-bond acceptors (Lipinski definition) is 2. The fraction of sp³-hybridized carbons (Fsp3) is 0. The first-order valence-electron chi connectivity index (χ1n) is 12.2. The van der Waals surface area contributed by atoms with Crippen LogP contribution in [-0.2, 0) is 0 Å². The Morgan fingerprint density at radius 1 is 0.361 bits per heavy atom. The lowest BCUT2D eigenvalue weighted by Crippen LogP contribution is -1.93. The molecule has 2 heterocycles. The maximum atomic E-state index is 4.92. The van der Waals surface area contributed by atoms with Gasteiger partial charge < -0.3 is 0 Å². The summed E-state index contributed by atoms with van der Waals surface area (Å²) in [5.41, 5.74) is 4.23. The lowest BCUT2D eigenvalue weighted by atomic mass is 9.87. The second-order valence-electron chi connectivity index (χ2n) is 9.49. The van der Waals surface area contributed by atoms with Crippen LogP contribution < -0.4 is 0 Å². The van der Waals surface area contributed by atoms with Gasteiger partial charge in [-0.1, -0.05) is 91.0 Å². The molecule has 0 aliphatic heterocycles. The number of rotatable bonds is 2. The number of pyridine rings is 2. The summed E-state index contributed by atoms with van der Waals surface area (Å²) in [6, 6.07) is 39.1. The van der Waals surface area contributed by atoms with Gasteiger partial charge in [0.15, 0.2) is 0 Å². The van der Waals surface area contributed by atoms with Gasteiger partial charge >= 0.3 is 0 Å². The van der Waals surface area contributed by atoms with Gasteiger partial charge in [-0.3, -0.25) is 9.97 Å². The zero-order valence-electron chi connectivity index (χ0n) is 19.4. The van der Waals surface area contributed by atoms with Crippen LogP contribution in [0.3, 0.4) is 0 Å². The van der Waals surface area contributed by atoms with E-state index in [9.17, 15) is 0 Å². The van der Waals surface area contributed by atoms with Crippen LogP contribution in [0.2, 0.25) is 0 Å². The van der Waals surface area contributed by atoms with E-state index in [0.717, 1.165) is 33.3 Å². The van der Waals surface area contributed by atoms with E-state index in [4.69, 9.17) is 9.97 Å². The number of aromatic nitrogens is 2. The normalized spacial score (nSPS) is 11.9. The fourth-order valence-electron chi connectivity index (χ4n) is 5.72. The van der Waals surface area contributed by atoms with Gasteiger partial charge in [0, 0.05) is 34.3 Å². The fourth-order valence-corrected chi connectivity index (χ4v) is 5.72. The zero-order valence-corrected chi connectivity index (χ0v) is 19.4. The lowest BCUT2D eigenvalue weighted by Gasteiger charge is -2.17. The highest BCUT2D eigenvalue weighted by Crippen LogP contribution is 2.43. The van der Waals surface area contributed by atoms with Crippen molar-refractivity contribution in [1.82, 2.24) is 9.97 Å². The molecule has 0 amide bonds. The number of fused-ring (bicyclic) bond motifs is 2. The van der Waals surface area contributed by atoms with Crippen molar-refractivity contribution < 1.29 is 0 Å². The van der Waals surface area contributed by atoms with Crippen molar-refractivity contribution in [2.45, 2.75) is 0 Å². The van der Waals surface area contributed by atoms with Crippen molar-refractivity contribution >= 4 is 53.9 Å². The molecule has 0 unspecified atom stereocenters. The summed E-state index contributed by atoms with van der Waals surface area (Å²) in [5.74, 6) is 0. The molecule has 0 radical (unpaired) electrons. The van der Waals surface area contributed by atoms with Gasteiger partial charge in [-0.05, 0) is 61.3 Å². The maximum Gasteiger partial charge on any atom is 0.0714 e. The first kappa shape index (κ1) is 19.5. The smallest absolute Gasteiger partial charge is 0.0714 e. The molecule has 0 atom stereocenters. The molecule has 0 N–H and O–H groups in total. The Bertz CT molecular complexity index is 1960. The molecule has 0 spiro atoms. The second-order valence-corrected chi connectivity index (χ2v) is 9.49. The van der Waals surface area contributed by atoms with Crippen LogP contribution in [0.1, 0.15) is 0 Å². The van der Waals surface area contributed by atoms with E-state index >= 15 is 0 Å². The van der Waals surface area contributed by atoms with Crippen molar-refractivity contribution in [3.8, 4) is 22.5 Å². The van der Waals surface area contributed by atoms with Crippen molar-refractivity contribution in [3.05, 3.63) is 122 Å². The van der Waals surface area contributed by atoms with Gasteiger partial charge in [0.1, 0.15) is 0 Å². The zero-order chi connectivity index (χ0) is 23.6. The summed E-state index contributed by atoms with van der Waals surface area (Å²) in [6.07, 6.45) is 3.97. The number of nitrogens with zero attached hydrogens (tertiary/aromatic N) is 2. The van der Waals surface area contributed by atoms with E-state index in [2.05, 4.69) is 109 Å². The van der Waals surface area contributed by atoms with Crippen LogP contribution in [-0.4, -0.2) is 9.97 Å². The molecule has 8 rings (SSSR count). The lowest BCUT2D eigenvalue weighted by molar-refractivity contribution is 1.35. The molecule has 0 saturated carbocycles. The number of hydrogen-bond donors (Lipinski definition) is 0. The average Bonchev–Trinajstić information content (AvgIpc) is 2.95. The first-order valence-corrected chi connectivity index (χ1v) is 12.2. The molecule has 36 heavy (non-hydrogen) atoms. The van der Waals surface area contributed by atoms with Gasteiger partial charge in [0.05, 0.1) is 11.4 Å². The third kappa shape index (κ3) is 2.79. The molecule has 2 nitrogen and oxygen atoms in total. The molecule has 6 aromatic carbocycles. The Morgan fingerprint density at radius 2 is 0.833 bits per heavy atom. The van der Waals surface area contributed by atoms with E-state index in [0.29, 0.717) is 0 Å². The van der Waals surface area contributed by atoms with Crippen molar-refractivity contribution in [2.24, 2.45) is 0 Å². The summed E-state index contributed by atoms with van der Waals surface area (Å²) in [7, 11) is 0. The van der Waals surface area contributed by atoms with Gasteiger partial charge in [0.2, 0.25) is 0 Å². The van der Waals surface area contributed by atoms with E-state index < -0.39 is 0 Å². The highest BCUT2D eigenvalue weighted by Gasteiger charge is 2.18. The largest absolute Gasteiger partial charge is 0.256 e. The minimum atomic E-state index is 0.980. The predicted molar refractivity (Wildman–Crippen MR) is 152 cm³/mol. The summed E-state index contributed by atoms with van der Waals surface area (Å²) in [4.78, 5) is 9.85. The van der Waals surface area contributed by atoms with Crippen LogP contribution >= 0.6 is 0 Å². The minimum absolute atomic E-state index is 0.980. The summed E-state index contributed by atoms with van der Waals surface area (Å²) in [5, 5.41) is 12.2. The Balaban J connectivity index is 1.53. The van der Waals surface area contributed by atoms with Gasteiger partial charge in [-0.2, -0.15) is 0 Å². The molecule has 0 aliphatic rings. The van der Waals surface area contributed by atoms with Crippen LogP contribution in [0, 0.1) is 0 Å². The molecular formula is C34H20N2. The minimum Gasteiger partial charge on any atom is -0.256 e. The highest BCUT2D eigenvalue weighted by molar-refractivity contribution is 6.28. The van der Waals surface area contributed by atoms with Gasteiger partial charge in [0.25, 0.3) is 0 Å². The third-order valence-corrected chi connectivity index (χ3v) is 7.46. The topological polar surface area (TPSA) is 25.8 Å². The Hall–Kier alpha value is -4.82.